The normalized spacial score (nSPS) is 9.95. The Bertz CT molecular complexity index is 606. The molecule has 0 saturated carbocycles. The van der Waals surface area contributed by atoms with Crippen molar-refractivity contribution >= 4 is 40.1 Å². The lowest BCUT2D eigenvalue weighted by molar-refractivity contribution is 0.912. The first-order valence-electron chi connectivity index (χ1n) is 6.80. The smallest absolute Gasteiger partial charge is 0.0800 e. The molecule has 2 aromatic rings. The molecule has 2 N–H and O–H groups in total. The number of hydrogen-bond acceptors (Lipinski definition) is 2. The minimum absolute atomic E-state index is 0.749. The standard InChI is InChI=1S/C17H18N2S2/c1-13(20)19-16-9-7-14(8-10-16)11-17(21)18-12-15-5-3-2-4-6-15/h2-10H,11-12H2,1H3,(H,18,21)(H,19,20). The van der Waals surface area contributed by atoms with Gasteiger partial charge in [0.25, 0.3) is 0 Å². The second kappa shape index (κ2) is 7.86. The van der Waals surface area contributed by atoms with Crippen LogP contribution in [0.25, 0.3) is 0 Å². The predicted molar refractivity (Wildman–Crippen MR) is 97.9 cm³/mol. The van der Waals surface area contributed by atoms with Gasteiger partial charge in [0.05, 0.1) is 9.98 Å². The van der Waals surface area contributed by atoms with E-state index in [0.717, 1.165) is 28.6 Å². The first-order chi connectivity index (χ1) is 10.1. The van der Waals surface area contributed by atoms with E-state index in [1.165, 1.54) is 11.1 Å². The van der Waals surface area contributed by atoms with E-state index in [9.17, 15) is 0 Å². The van der Waals surface area contributed by atoms with Crippen molar-refractivity contribution in [3.8, 4) is 0 Å². The van der Waals surface area contributed by atoms with Gasteiger partial charge in [0, 0.05) is 18.7 Å². The highest BCUT2D eigenvalue weighted by Crippen LogP contribution is 2.10. The fourth-order valence-electron chi connectivity index (χ4n) is 1.95. The predicted octanol–water partition coefficient (Wildman–Crippen LogP) is 4.11. The van der Waals surface area contributed by atoms with E-state index in [0.29, 0.717) is 0 Å². The first kappa shape index (κ1) is 15.6. The van der Waals surface area contributed by atoms with Crippen LogP contribution < -0.4 is 10.6 Å². The van der Waals surface area contributed by atoms with E-state index in [4.69, 9.17) is 24.4 Å². The van der Waals surface area contributed by atoms with Crippen molar-refractivity contribution in [3.05, 3.63) is 65.7 Å². The molecule has 0 saturated heterocycles. The maximum absolute atomic E-state index is 5.39. The highest BCUT2D eigenvalue weighted by Gasteiger charge is 2.00. The van der Waals surface area contributed by atoms with Crippen molar-refractivity contribution in [2.45, 2.75) is 19.9 Å². The summed E-state index contributed by atoms with van der Waals surface area (Å²) in [5.74, 6) is 0. The third-order valence-corrected chi connectivity index (χ3v) is 3.36. The van der Waals surface area contributed by atoms with E-state index < -0.39 is 0 Å². The molecule has 0 amide bonds. The Morgan fingerprint density at radius 3 is 2.19 bits per heavy atom. The molecule has 0 aliphatic rings. The third-order valence-electron chi connectivity index (χ3n) is 2.97. The Morgan fingerprint density at radius 1 is 0.905 bits per heavy atom. The lowest BCUT2D eigenvalue weighted by Crippen LogP contribution is -2.22. The Kier molecular flexibility index (Phi) is 5.84. The van der Waals surface area contributed by atoms with Crippen LogP contribution in [0.2, 0.25) is 0 Å². The molecular formula is C17H18N2S2. The van der Waals surface area contributed by atoms with Gasteiger partial charge >= 0.3 is 0 Å². The van der Waals surface area contributed by atoms with E-state index in [1.807, 2.05) is 37.3 Å². The van der Waals surface area contributed by atoms with E-state index in [2.05, 4.69) is 34.9 Å². The summed E-state index contributed by atoms with van der Waals surface area (Å²) in [6, 6.07) is 18.4. The summed E-state index contributed by atoms with van der Waals surface area (Å²) < 4.78 is 0. The molecule has 0 aliphatic carbocycles. The van der Waals surface area contributed by atoms with Gasteiger partial charge in [-0.2, -0.15) is 0 Å². The minimum atomic E-state index is 0.749. The summed E-state index contributed by atoms with van der Waals surface area (Å²) in [6.45, 7) is 2.63. The van der Waals surface area contributed by atoms with Gasteiger partial charge < -0.3 is 10.6 Å². The number of rotatable bonds is 5. The molecule has 4 heteroatoms. The molecule has 2 aromatic carbocycles. The quantitative estimate of drug-likeness (QED) is 0.811. The third kappa shape index (κ3) is 5.61. The molecule has 0 fully saturated rings. The van der Waals surface area contributed by atoms with Crippen molar-refractivity contribution in [3.63, 3.8) is 0 Å². The first-order valence-corrected chi connectivity index (χ1v) is 7.62. The van der Waals surface area contributed by atoms with Crippen molar-refractivity contribution in [1.29, 1.82) is 0 Å². The molecular weight excluding hydrogens is 296 g/mol. The van der Waals surface area contributed by atoms with Gasteiger partial charge in [0.2, 0.25) is 0 Å². The molecule has 21 heavy (non-hydrogen) atoms. The SMILES string of the molecule is CC(=S)Nc1ccc(CC(=S)NCc2ccccc2)cc1. The summed E-state index contributed by atoms with van der Waals surface area (Å²) in [6.07, 6.45) is 0.749. The van der Waals surface area contributed by atoms with Gasteiger partial charge in [-0.05, 0) is 30.2 Å². The lowest BCUT2D eigenvalue weighted by atomic mass is 10.1. The fraction of sp³-hybridized carbons (Fsp3) is 0.176. The van der Waals surface area contributed by atoms with Crippen molar-refractivity contribution in [1.82, 2.24) is 5.32 Å². The van der Waals surface area contributed by atoms with Gasteiger partial charge in [-0.3, -0.25) is 0 Å². The number of nitrogens with one attached hydrogen (secondary N) is 2. The van der Waals surface area contributed by atoms with Gasteiger partial charge in [-0.1, -0.05) is 66.9 Å². The molecule has 2 nitrogen and oxygen atoms in total. The summed E-state index contributed by atoms with van der Waals surface area (Å²) in [7, 11) is 0. The minimum Gasteiger partial charge on any atom is -0.375 e. The van der Waals surface area contributed by atoms with E-state index in [1.54, 1.807) is 0 Å². The van der Waals surface area contributed by atoms with Crippen molar-refractivity contribution < 1.29 is 0 Å². The van der Waals surface area contributed by atoms with Gasteiger partial charge in [-0.15, -0.1) is 0 Å². The Morgan fingerprint density at radius 2 is 1.57 bits per heavy atom. The van der Waals surface area contributed by atoms with Crippen LogP contribution in [0.4, 0.5) is 5.69 Å². The summed E-state index contributed by atoms with van der Waals surface area (Å²) >= 11 is 10.4. The van der Waals surface area contributed by atoms with Crippen LogP contribution in [0.1, 0.15) is 18.1 Å². The Balaban J connectivity index is 1.83. The summed E-state index contributed by atoms with van der Waals surface area (Å²) in [5.41, 5.74) is 3.43. The molecule has 2 rings (SSSR count). The Hall–Kier alpha value is -1.78. The second-order valence-corrected chi connectivity index (χ2v) is 5.92. The monoisotopic (exact) mass is 314 g/mol. The van der Waals surface area contributed by atoms with Crippen molar-refractivity contribution in [2.75, 3.05) is 5.32 Å². The highest BCUT2D eigenvalue weighted by molar-refractivity contribution is 7.80. The molecule has 0 bridgehead atoms. The second-order valence-electron chi connectivity index (χ2n) is 4.82. The molecule has 0 aromatic heterocycles. The Labute approximate surface area is 136 Å². The fourth-order valence-corrected chi connectivity index (χ4v) is 2.31. The van der Waals surface area contributed by atoms with Crippen LogP contribution in [0, 0.1) is 0 Å². The number of anilines is 1. The lowest BCUT2D eigenvalue weighted by Gasteiger charge is -2.09. The van der Waals surface area contributed by atoms with Gasteiger partial charge in [0.15, 0.2) is 0 Å². The number of hydrogen-bond donors (Lipinski definition) is 2. The molecule has 0 spiro atoms. The van der Waals surface area contributed by atoms with Gasteiger partial charge in [0.1, 0.15) is 0 Å². The van der Waals surface area contributed by atoms with Gasteiger partial charge in [-0.25, -0.2) is 0 Å². The zero-order valence-corrected chi connectivity index (χ0v) is 13.6. The largest absolute Gasteiger partial charge is 0.375 e. The van der Waals surface area contributed by atoms with Crippen LogP contribution in [0.15, 0.2) is 54.6 Å². The molecule has 0 aliphatic heterocycles. The average Bonchev–Trinajstić information content (AvgIpc) is 2.48. The summed E-state index contributed by atoms with van der Waals surface area (Å²) in [5, 5.41) is 6.40. The van der Waals surface area contributed by atoms with Crippen molar-refractivity contribution in [2.24, 2.45) is 0 Å². The highest BCUT2D eigenvalue weighted by atomic mass is 32.1. The number of benzene rings is 2. The maximum atomic E-state index is 5.39. The number of thiocarbonyl (C=S) groups is 2. The topological polar surface area (TPSA) is 24.1 Å². The zero-order valence-electron chi connectivity index (χ0n) is 11.9. The van der Waals surface area contributed by atoms with Crippen LogP contribution in [-0.2, 0) is 13.0 Å². The van der Waals surface area contributed by atoms with E-state index >= 15 is 0 Å². The van der Waals surface area contributed by atoms with Crippen LogP contribution in [-0.4, -0.2) is 9.98 Å². The summed E-state index contributed by atoms with van der Waals surface area (Å²) in [4.78, 5) is 1.62. The molecule has 0 heterocycles. The molecule has 0 atom stereocenters. The molecule has 0 unspecified atom stereocenters. The molecule has 108 valence electrons. The van der Waals surface area contributed by atoms with Crippen LogP contribution in [0.3, 0.4) is 0 Å². The average molecular weight is 314 g/mol. The maximum Gasteiger partial charge on any atom is 0.0800 e. The van der Waals surface area contributed by atoms with Crippen LogP contribution >= 0.6 is 24.4 Å². The molecule has 0 radical (unpaired) electrons. The zero-order chi connectivity index (χ0) is 15.1. The van der Waals surface area contributed by atoms with Crippen LogP contribution in [0.5, 0.6) is 0 Å². The van der Waals surface area contributed by atoms with E-state index in [-0.39, 0.29) is 0 Å².